The predicted octanol–water partition coefficient (Wildman–Crippen LogP) is 7.08. The van der Waals surface area contributed by atoms with E-state index in [0.29, 0.717) is 5.56 Å². The maximum Gasteiger partial charge on any atom is 0.307 e. The van der Waals surface area contributed by atoms with Crippen LogP contribution in [-0.4, -0.2) is 21.3 Å². The smallest absolute Gasteiger partial charge is 0.307 e. The topological polar surface area (TPSA) is 77.8 Å². The van der Waals surface area contributed by atoms with Gasteiger partial charge in [-0.05, 0) is 90.5 Å². The zero-order valence-electron chi connectivity index (χ0n) is 27.8. The molecule has 0 fully saturated rings. The fraction of sp³-hybridized carbons (Fsp3) is 0.0227. The first kappa shape index (κ1) is 39.0. The van der Waals surface area contributed by atoms with E-state index in [9.17, 15) is 4.79 Å². The molecule has 7 rings (SSSR count). The molecule has 0 radical (unpaired) electrons. The van der Waals surface area contributed by atoms with Crippen LogP contribution >= 0.6 is 15.8 Å². The summed E-state index contributed by atoms with van der Waals surface area (Å²) in [6, 6.07) is 68.9. The second-order valence-electron chi connectivity index (χ2n) is 11.3. The minimum Gasteiger partial charge on any atom is -0.504 e. The van der Waals surface area contributed by atoms with Crippen LogP contribution in [0.4, 0.5) is 0 Å². The van der Waals surface area contributed by atoms with E-state index < -0.39 is 21.8 Å². The fourth-order valence-corrected chi connectivity index (χ4v) is 10.6. The van der Waals surface area contributed by atoms with Crippen LogP contribution < -0.4 is 31.8 Å². The molecule has 0 unspecified atom stereocenters. The Hall–Kier alpha value is -4.84. The summed E-state index contributed by atoms with van der Waals surface area (Å²) in [5.74, 6) is -1.52. The molecule has 0 aliphatic rings. The van der Waals surface area contributed by atoms with Crippen LogP contribution in [0.3, 0.4) is 0 Å². The number of rotatable bonds is 8. The molecule has 258 valence electrons. The zero-order valence-corrected chi connectivity index (χ0v) is 32.1. The van der Waals surface area contributed by atoms with Crippen molar-refractivity contribution >= 4 is 53.6 Å². The molecule has 0 heterocycles. The van der Waals surface area contributed by atoms with Crippen molar-refractivity contribution < 1.29 is 41.2 Å². The van der Waals surface area contributed by atoms with Gasteiger partial charge in [0.1, 0.15) is 31.8 Å². The van der Waals surface area contributed by atoms with E-state index in [1.165, 1.54) is 50.0 Å². The number of hydrogen-bond donors (Lipinski definition) is 3. The SMILES string of the molecule is O=C(O)Cc1ccc(O)c(O)c1.[Pt].c1ccc([PH+](c2ccccc2)c2ccccc2)cc1.c1ccc([PH+](c2ccccc2)c2ccccc2)cc1. The van der Waals surface area contributed by atoms with Gasteiger partial charge >= 0.3 is 5.97 Å². The third kappa shape index (κ3) is 11.9. The Balaban J connectivity index is 0.000000175. The number of carboxylic acid groups (broad SMARTS) is 1. The summed E-state index contributed by atoms with van der Waals surface area (Å²) in [7, 11) is -1.75. The fourth-order valence-electron chi connectivity index (χ4n) is 5.48. The number of aliphatic carboxylic acids is 1. The van der Waals surface area contributed by atoms with Crippen molar-refractivity contribution in [2.24, 2.45) is 0 Å². The van der Waals surface area contributed by atoms with Gasteiger partial charge in [-0.2, -0.15) is 0 Å². The first-order valence-corrected chi connectivity index (χ1v) is 19.3. The molecular weight excluding hydrogens is 850 g/mol. The van der Waals surface area contributed by atoms with Gasteiger partial charge in [0.2, 0.25) is 0 Å². The molecule has 51 heavy (non-hydrogen) atoms. The summed E-state index contributed by atoms with van der Waals surface area (Å²) in [6.45, 7) is 0. The van der Waals surface area contributed by atoms with Gasteiger partial charge in [-0.3, -0.25) is 4.79 Å². The van der Waals surface area contributed by atoms with E-state index >= 15 is 0 Å². The van der Waals surface area contributed by atoms with Gasteiger partial charge in [0, 0.05) is 21.1 Å². The van der Waals surface area contributed by atoms with Crippen LogP contribution in [0.5, 0.6) is 11.5 Å². The molecule has 7 aromatic rings. The standard InChI is InChI=1S/2C18H15P.C8H8O4.Pt/c2*1-4-10-16(11-5-1)19(17-12-6-2-7-13-17)18-14-8-3-9-15-18;9-6-2-1-5(3-7(6)10)4-8(11)12;/h2*1-15H;1-3,9-10H,4H2,(H,11,12);/p+2. The molecule has 0 aromatic heterocycles. The van der Waals surface area contributed by atoms with Gasteiger partial charge in [-0.15, -0.1) is 0 Å². The predicted molar refractivity (Wildman–Crippen MR) is 214 cm³/mol. The number of phenolic OH excluding ortho intramolecular Hbond substituents is 2. The number of hydrogen-bond acceptors (Lipinski definition) is 3. The zero-order chi connectivity index (χ0) is 35.0. The van der Waals surface area contributed by atoms with E-state index in [-0.39, 0.29) is 39.0 Å². The third-order valence-corrected chi connectivity index (χ3v) is 13.2. The molecular formula is C44H40O4P2Pt+2. The van der Waals surface area contributed by atoms with Crippen molar-refractivity contribution in [3.63, 3.8) is 0 Å². The Morgan fingerprint density at radius 1 is 0.392 bits per heavy atom. The van der Waals surface area contributed by atoms with E-state index in [1.54, 1.807) is 0 Å². The first-order chi connectivity index (χ1) is 24.5. The maximum absolute atomic E-state index is 10.2. The molecule has 0 spiro atoms. The molecule has 0 aliphatic carbocycles. The van der Waals surface area contributed by atoms with Crippen LogP contribution in [0.2, 0.25) is 0 Å². The van der Waals surface area contributed by atoms with Gasteiger partial charge < -0.3 is 15.3 Å². The molecule has 0 saturated heterocycles. The summed E-state index contributed by atoms with van der Waals surface area (Å²) < 4.78 is 0. The first-order valence-electron chi connectivity index (χ1n) is 16.3. The number of carboxylic acids is 1. The van der Waals surface area contributed by atoms with Gasteiger partial charge in [0.25, 0.3) is 0 Å². The number of carbonyl (C=O) groups is 1. The molecule has 7 heteroatoms. The Morgan fingerprint density at radius 2 is 0.647 bits per heavy atom. The summed E-state index contributed by atoms with van der Waals surface area (Å²) in [5.41, 5.74) is 0.456. The average Bonchev–Trinajstić information content (AvgIpc) is 3.16. The second-order valence-corrected chi connectivity index (χ2v) is 16.3. The average molecular weight is 890 g/mol. The monoisotopic (exact) mass is 889 g/mol. The molecule has 0 atom stereocenters. The van der Waals surface area contributed by atoms with Crippen molar-refractivity contribution in [1.29, 1.82) is 0 Å². The van der Waals surface area contributed by atoms with Crippen LogP contribution in [0.25, 0.3) is 0 Å². The third-order valence-electron chi connectivity index (χ3n) is 7.77. The van der Waals surface area contributed by atoms with Crippen molar-refractivity contribution in [3.8, 4) is 11.5 Å². The number of phenols is 2. The summed E-state index contributed by atoms with van der Waals surface area (Å²) in [4.78, 5) is 10.2. The van der Waals surface area contributed by atoms with Gasteiger partial charge in [0.15, 0.2) is 11.5 Å². The molecule has 4 nitrogen and oxygen atoms in total. The maximum atomic E-state index is 10.2. The number of benzene rings is 7. The Labute approximate surface area is 316 Å². The van der Waals surface area contributed by atoms with Crippen molar-refractivity contribution in [1.82, 2.24) is 0 Å². The Morgan fingerprint density at radius 3 is 0.863 bits per heavy atom. The van der Waals surface area contributed by atoms with Crippen molar-refractivity contribution in [3.05, 3.63) is 206 Å². The minimum absolute atomic E-state index is 0. The molecule has 7 aromatic carbocycles. The van der Waals surface area contributed by atoms with Crippen LogP contribution in [0, 0.1) is 0 Å². The molecule has 0 amide bonds. The summed E-state index contributed by atoms with van der Waals surface area (Å²) in [5, 5.41) is 34.8. The quantitative estimate of drug-likeness (QED) is 0.113. The van der Waals surface area contributed by atoms with E-state index in [4.69, 9.17) is 15.3 Å². The van der Waals surface area contributed by atoms with E-state index in [0.717, 1.165) is 0 Å². The van der Waals surface area contributed by atoms with Crippen LogP contribution in [0.15, 0.2) is 200 Å². The van der Waals surface area contributed by atoms with Gasteiger partial charge in [-0.1, -0.05) is 115 Å². The van der Waals surface area contributed by atoms with E-state index in [1.807, 2.05) is 0 Å². The normalized spacial score (nSPS) is 10.2. The second kappa shape index (κ2) is 20.7. The minimum atomic E-state index is -0.972. The van der Waals surface area contributed by atoms with Crippen LogP contribution in [-0.2, 0) is 32.3 Å². The van der Waals surface area contributed by atoms with Crippen molar-refractivity contribution in [2.45, 2.75) is 6.42 Å². The Kier molecular flexibility index (Phi) is 15.8. The van der Waals surface area contributed by atoms with Crippen molar-refractivity contribution in [2.75, 3.05) is 0 Å². The summed E-state index contributed by atoms with van der Waals surface area (Å²) in [6.07, 6.45) is -0.159. The molecule has 0 saturated carbocycles. The van der Waals surface area contributed by atoms with Crippen LogP contribution in [0.1, 0.15) is 5.56 Å². The Bertz CT molecular complexity index is 1710. The molecule has 0 aliphatic heterocycles. The molecule has 0 bridgehead atoms. The van der Waals surface area contributed by atoms with Gasteiger partial charge in [-0.25, -0.2) is 0 Å². The summed E-state index contributed by atoms with van der Waals surface area (Å²) >= 11 is 0. The van der Waals surface area contributed by atoms with Gasteiger partial charge in [0.05, 0.1) is 22.3 Å². The number of aromatic hydroxyl groups is 2. The van der Waals surface area contributed by atoms with E-state index in [2.05, 4.69) is 182 Å². The molecule has 3 N–H and O–H groups in total. The largest absolute Gasteiger partial charge is 0.504 e.